The molecule has 1 heterocycles. The van der Waals surface area contributed by atoms with Crippen molar-refractivity contribution in [1.29, 1.82) is 0 Å². The molecule has 86 valence electrons. The number of aromatic nitrogens is 2. The van der Waals surface area contributed by atoms with Crippen LogP contribution in [0.15, 0.2) is 29.1 Å². The van der Waals surface area contributed by atoms with E-state index in [0.717, 1.165) is 11.0 Å². The fourth-order valence-electron chi connectivity index (χ4n) is 1.81. The number of aliphatic hydroxyl groups excluding tert-OH is 2. The first-order chi connectivity index (χ1) is 7.65. The highest BCUT2D eigenvalue weighted by Gasteiger charge is 2.12. The van der Waals surface area contributed by atoms with Gasteiger partial charge >= 0.3 is 5.69 Å². The molecule has 0 fully saturated rings. The Morgan fingerprint density at radius 2 is 1.94 bits per heavy atom. The standard InChI is InChI=1S/C11H14N2O3/c1-12-9-4-2-3-5-10(9)13(11(12)16)6-8(15)7-14/h2-5,8,14-15H,6-7H2,1H3. The maximum absolute atomic E-state index is 11.9. The molecule has 2 aromatic rings. The van der Waals surface area contributed by atoms with Crippen LogP contribution in [0.3, 0.4) is 0 Å². The third-order valence-electron chi connectivity index (χ3n) is 2.66. The number of hydrogen-bond donors (Lipinski definition) is 2. The Bertz CT molecular complexity index is 556. The number of imidazole rings is 1. The third kappa shape index (κ3) is 1.64. The van der Waals surface area contributed by atoms with Crippen LogP contribution in [0.5, 0.6) is 0 Å². The van der Waals surface area contributed by atoms with Crippen LogP contribution in [0, 0.1) is 0 Å². The maximum atomic E-state index is 11.9. The smallest absolute Gasteiger partial charge is 0.328 e. The van der Waals surface area contributed by atoms with Crippen LogP contribution in [0.4, 0.5) is 0 Å². The predicted octanol–water partition coefficient (Wildman–Crippen LogP) is -0.307. The van der Waals surface area contributed by atoms with Crippen LogP contribution >= 0.6 is 0 Å². The Hall–Kier alpha value is -1.59. The number of benzene rings is 1. The number of rotatable bonds is 3. The molecule has 5 nitrogen and oxygen atoms in total. The van der Waals surface area contributed by atoms with Gasteiger partial charge in [-0.2, -0.15) is 0 Å². The van der Waals surface area contributed by atoms with Gasteiger partial charge in [0, 0.05) is 7.05 Å². The number of fused-ring (bicyclic) bond motifs is 1. The molecule has 0 amide bonds. The average Bonchev–Trinajstić information content (AvgIpc) is 2.55. The Morgan fingerprint density at radius 3 is 2.56 bits per heavy atom. The van der Waals surface area contributed by atoms with Gasteiger partial charge in [-0.05, 0) is 12.1 Å². The largest absolute Gasteiger partial charge is 0.394 e. The first kappa shape index (κ1) is 10.9. The van der Waals surface area contributed by atoms with Crippen LogP contribution in [0.25, 0.3) is 11.0 Å². The lowest BCUT2D eigenvalue weighted by atomic mass is 10.3. The zero-order chi connectivity index (χ0) is 11.7. The van der Waals surface area contributed by atoms with Gasteiger partial charge in [-0.1, -0.05) is 12.1 Å². The minimum absolute atomic E-state index is 0.108. The number of aliphatic hydroxyl groups is 2. The predicted molar refractivity (Wildman–Crippen MR) is 60.3 cm³/mol. The summed E-state index contributed by atoms with van der Waals surface area (Å²) in [6.45, 7) is -0.244. The zero-order valence-electron chi connectivity index (χ0n) is 9.00. The summed E-state index contributed by atoms with van der Waals surface area (Å²) in [4.78, 5) is 11.9. The van der Waals surface area contributed by atoms with E-state index in [2.05, 4.69) is 0 Å². The molecule has 0 spiro atoms. The first-order valence-corrected chi connectivity index (χ1v) is 5.08. The van der Waals surface area contributed by atoms with E-state index in [1.165, 1.54) is 9.13 Å². The Labute approximate surface area is 92.2 Å². The molecule has 2 N–H and O–H groups in total. The summed E-state index contributed by atoms with van der Waals surface area (Å²) in [5.74, 6) is 0. The van der Waals surface area contributed by atoms with E-state index in [9.17, 15) is 9.90 Å². The number of para-hydroxylation sites is 2. The molecule has 0 saturated heterocycles. The van der Waals surface area contributed by atoms with E-state index in [0.29, 0.717) is 0 Å². The highest BCUT2D eigenvalue weighted by Crippen LogP contribution is 2.11. The summed E-state index contributed by atoms with van der Waals surface area (Å²) < 4.78 is 3.00. The molecule has 0 saturated carbocycles. The van der Waals surface area contributed by atoms with Gasteiger partial charge in [0.2, 0.25) is 0 Å². The van der Waals surface area contributed by atoms with Gasteiger partial charge in [0.05, 0.1) is 30.3 Å². The lowest BCUT2D eigenvalue weighted by molar-refractivity contribution is 0.0812. The van der Waals surface area contributed by atoms with Gasteiger partial charge < -0.3 is 10.2 Å². The first-order valence-electron chi connectivity index (χ1n) is 5.08. The molecule has 5 heteroatoms. The fraction of sp³-hybridized carbons (Fsp3) is 0.364. The summed E-state index contributed by atoms with van der Waals surface area (Å²) in [6.07, 6.45) is -0.913. The maximum Gasteiger partial charge on any atom is 0.328 e. The second kappa shape index (κ2) is 4.11. The number of hydrogen-bond acceptors (Lipinski definition) is 3. The van der Waals surface area contributed by atoms with Crippen molar-refractivity contribution in [3.8, 4) is 0 Å². The molecule has 0 aliphatic rings. The van der Waals surface area contributed by atoms with Crippen molar-refractivity contribution in [1.82, 2.24) is 9.13 Å². The van der Waals surface area contributed by atoms with Gasteiger partial charge in [-0.25, -0.2) is 4.79 Å². The van der Waals surface area contributed by atoms with Crippen LogP contribution in [0.1, 0.15) is 0 Å². The Morgan fingerprint density at radius 1 is 1.31 bits per heavy atom. The second-order valence-electron chi connectivity index (χ2n) is 3.78. The molecule has 0 aliphatic heterocycles. The van der Waals surface area contributed by atoms with Crippen molar-refractivity contribution in [2.75, 3.05) is 6.61 Å². The van der Waals surface area contributed by atoms with Crippen molar-refractivity contribution >= 4 is 11.0 Å². The lowest BCUT2D eigenvalue weighted by Crippen LogP contribution is -2.29. The summed E-state index contributed by atoms with van der Waals surface area (Å²) in [5, 5.41) is 18.2. The Balaban J connectivity index is 2.60. The van der Waals surface area contributed by atoms with Crippen molar-refractivity contribution in [2.45, 2.75) is 12.6 Å². The van der Waals surface area contributed by atoms with E-state index in [1.54, 1.807) is 7.05 Å². The normalized spacial score (nSPS) is 13.2. The third-order valence-corrected chi connectivity index (χ3v) is 2.66. The highest BCUT2D eigenvalue weighted by atomic mass is 16.3. The summed E-state index contributed by atoms with van der Waals surface area (Å²) in [7, 11) is 1.69. The molecule has 1 unspecified atom stereocenters. The van der Waals surface area contributed by atoms with E-state index in [1.807, 2.05) is 24.3 Å². The number of aryl methyl sites for hydroxylation is 1. The molecule has 1 aromatic heterocycles. The van der Waals surface area contributed by atoms with Gasteiger partial charge in [-0.15, -0.1) is 0 Å². The average molecular weight is 222 g/mol. The number of nitrogens with zero attached hydrogens (tertiary/aromatic N) is 2. The SMILES string of the molecule is Cn1c(=O)n(CC(O)CO)c2ccccc21. The van der Waals surface area contributed by atoms with Gasteiger partial charge in [0.25, 0.3) is 0 Å². The Kier molecular flexibility index (Phi) is 2.80. The van der Waals surface area contributed by atoms with E-state index < -0.39 is 6.10 Å². The van der Waals surface area contributed by atoms with Crippen LogP contribution in [-0.2, 0) is 13.6 Å². The molecular weight excluding hydrogens is 208 g/mol. The van der Waals surface area contributed by atoms with Gasteiger partial charge in [0.15, 0.2) is 0 Å². The van der Waals surface area contributed by atoms with Crippen molar-refractivity contribution < 1.29 is 10.2 Å². The molecule has 0 radical (unpaired) electrons. The fourth-order valence-corrected chi connectivity index (χ4v) is 1.81. The summed E-state index contributed by atoms with van der Waals surface area (Å²) in [6, 6.07) is 7.36. The molecule has 1 aromatic carbocycles. The zero-order valence-corrected chi connectivity index (χ0v) is 9.00. The lowest BCUT2D eigenvalue weighted by Gasteiger charge is -2.07. The van der Waals surface area contributed by atoms with Crippen molar-refractivity contribution in [3.05, 3.63) is 34.7 Å². The molecule has 2 rings (SSSR count). The highest BCUT2D eigenvalue weighted by molar-refractivity contribution is 5.75. The van der Waals surface area contributed by atoms with Crippen molar-refractivity contribution in [2.24, 2.45) is 7.05 Å². The molecule has 0 aliphatic carbocycles. The minimum Gasteiger partial charge on any atom is -0.394 e. The van der Waals surface area contributed by atoms with Crippen LogP contribution in [0.2, 0.25) is 0 Å². The van der Waals surface area contributed by atoms with Crippen LogP contribution < -0.4 is 5.69 Å². The molecular formula is C11H14N2O3. The molecule has 16 heavy (non-hydrogen) atoms. The summed E-state index contributed by atoms with van der Waals surface area (Å²) in [5.41, 5.74) is 1.40. The van der Waals surface area contributed by atoms with Gasteiger partial charge in [-0.3, -0.25) is 9.13 Å². The second-order valence-corrected chi connectivity index (χ2v) is 3.78. The molecule has 1 atom stereocenters. The van der Waals surface area contributed by atoms with E-state index >= 15 is 0 Å². The summed E-state index contributed by atoms with van der Waals surface area (Å²) >= 11 is 0. The van der Waals surface area contributed by atoms with Crippen LogP contribution in [-0.4, -0.2) is 32.1 Å². The molecule has 0 bridgehead atoms. The van der Waals surface area contributed by atoms with Gasteiger partial charge in [0.1, 0.15) is 0 Å². The van der Waals surface area contributed by atoms with E-state index in [4.69, 9.17) is 5.11 Å². The van der Waals surface area contributed by atoms with E-state index in [-0.39, 0.29) is 18.8 Å². The van der Waals surface area contributed by atoms with Crippen molar-refractivity contribution in [3.63, 3.8) is 0 Å². The monoisotopic (exact) mass is 222 g/mol. The quantitative estimate of drug-likeness (QED) is 0.748. The minimum atomic E-state index is -0.913. The topological polar surface area (TPSA) is 67.4 Å².